The van der Waals surface area contributed by atoms with Gasteiger partial charge in [0.05, 0.1) is 7.11 Å². The number of carbonyl (C=O) groups is 1. The first-order valence-electron chi connectivity index (χ1n) is 9.31. The van der Waals surface area contributed by atoms with Crippen molar-refractivity contribution >= 4 is 18.3 Å². The average Bonchev–Trinajstić information content (AvgIpc) is 3.37. The van der Waals surface area contributed by atoms with E-state index in [1.807, 2.05) is 0 Å². The first-order valence-corrected chi connectivity index (χ1v) is 9.31. The third kappa shape index (κ3) is 4.90. The fourth-order valence-corrected chi connectivity index (χ4v) is 3.97. The van der Waals surface area contributed by atoms with Gasteiger partial charge in [-0.1, -0.05) is 26.0 Å². The van der Waals surface area contributed by atoms with E-state index in [2.05, 4.69) is 42.3 Å². The van der Waals surface area contributed by atoms with Gasteiger partial charge in [0.1, 0.15) is 12.4 Å². The maximum atomic E-state index is 11.6. The number of halogens is 1. The molecule has 2 N–H and O–H groups in total. The highest BCUT2D eigenvalue weighted by Gasteiger charge is 2.42. The molecule has 1 aliphatic carbocycles. The lowest BCUT2D eigenvalue weighted by atomic mass is 9.98. The molecule has 0 aromatic heterocycles. The molecule has 2 aliphatic rings. The molecule has 0 radical (unpaired) electrons. The highest BCUT2D eigenvalue weighted by molar-refractivity contribution is 5.85. The van der Waals surface area contributed by atoms with Gasteiger partial charge in [-0.25, -0.2) is 0 Å². The monoisotopic (exact) mass is 382 g/mol. The number of rotatable bonds is 7. The first-order chi connectivity index (χ1) is 12.0. The fourth-order valence-electron chi connectivity index (χ4n) is 3.97. The van der Waals surface area contributed by atoms with Crippen molar-refractivity contribution in [1.29, 1.82) is 0 Å². The predicted octanol–water partition coefficient (Wildman–Crippen LogP) is 2.56. The van der Waals surface area contributed by atoms with Crippen molar-refractivity contribution in [2.75, 3.05) is 26.8 Å². The molecule has 1 aromatic rings. The number of ether oxygens (including phenoxy) is 1. The number of likely N-dealkylation sites (tertiary alicyclic amines) is 1. The second kappa shape index (κ2) is 9.07. The maximum absolute atomic E-state index is 11.6. The Balaban J connectivity index is 0.00000243. The Morgan fingerprint density at radius 2 is 2.08 bits per heavy atom. The summed E-state index contributed by atoms with van der Waals surface area (Å²) in [4.78, 5) is 14.1. The minimum Gasteiger partial charge on any atom is -0.496 e. The van der Waals surface area contributed by atoms with E-state index < -0.39 is 6.61 Å². The summed E-state index contributed by atoms with van der Waals surface area (Å²) in [6, 6.07) is 6.58. The van der Waals surface area contributed by atoms with E-state index in [0.717, 1.165) is 31.3 Å². The summed E-state index contributed by atoms with van der Waals surface area (Å²) in [6.45, 7) is 6.63. The summed E-state index contributed by atoms with van der Waals surface area (Å²) >= 11 is 0. The van der Waals surface area contributed by atoms with Crippen LogP contribution < -0.4 is 10.1 Å². The highest BCUT2D eigenvalue weighted by atomic mass is 35.5. The molecule has 1 saturated carbocycles. The zero-order chi connectivity index (χ0) is 18.0. The van der Waals surface area contributed by atoms with Crippen LogP contribution in [-0.2, 0) is 11.3 Å². The van der Waals surface area contributed by atoms with E-state index in [1.54, 1.807) is 7.11 Å². The summed E-state index contributed by atoms with van der Waals surface area (Å²) < 4.78 is 5.56. The molecule has 0 unspecified atom stereocenters. The van der Waals surface area contributed by atoms with Crippen LogP contribution >= 0.6 is 12.4 Å². The van der Waals surface area contributed by atoms with E-state index in [4.69, 9.17) is 9.84 Å². The van der Waals surface area contributed by atoms with Crippen LogP contribution in [0.5, 0.6) is 5.75 Å². The van der Waals surface area contributed by atoms with Gasteiger partial charge in [0.25, 0.3) is 0 Å². The molecule has 1 aliphatic heterocycles. The third-order valence-electron chi connectivity index (χ3n) is 5.52. The van der Waals surface area contributed by atoms with Crippen LogP contribution in [0.15, 0.2) is 18.2 Å². The number of nitrogens with zero attached hydrogens (tertiary/aromatic N) is 1. The molecule has 146 valence electrons. The number of aliphatic hydroxyl groups excluding tert-OH is 1. The molecule has 0 spiro atoms. The molecule has 3 rings (SSSR count). The zero-order valence-electron chi connectivity index (χ0n) is 15.9. The predicted molar refractivity (Wildman–Crippen MR) is 105 cm³/mol. The molecular formula is C20H31ClN2O3. The number of methoxy groups -OCH3 is 1. The number of carbonyl (C=O) groups excluding carboxylic acids is 1. The Hall–Kier alpha value is -1.30. The smallest absolute Gasteiger partial charge is 0.245 e. The Morgan fingerprint density at radius 1 is 1.35 bits per heavy atom. The lowest BCUT2D eigenvalue weighted by molar-refractivity contribution is -0.124. The Kier molecular flexibility index (Phi) is 7.33. The topological polar surface area (TPSA) is 61.8 Å². The zero-order valence-corrected chi connectivity index (χ0v) is 16.7. The van der Waals surface area contributed by atoms with Gasteiger partial charge in [0.2, 0.25) is 5.91 Å². The van der Waals surface area contributed by atoms with Crippen molar-refractivity contribution in [3.63, 3.8) is 0 Å². The molecule has 1 heterocycles. The van der Waals surface area contributed by atoms with Gasteiger partial charge in [-0.3, -0.25) is 9.69 Å². The summed E-state index contributed by atoms with van der Waals surface area (Å²) in [7, 11) is 1.72. The van der Waals surface area contributed by atoms with E-state index >= 15 is 0 Å². The van der Waals surface area contributed by atoms with E-state index in [1.165, 1.54) is 24.0 Å². The molecule has 6 heteroatoms. The minimum absolute atomic E-state index is 0. The second-order valence-corrected chi connectivity index (χ2v) is 7.75. The molecule has 1 aromatic carbocycles. The standard InChI is InChI=1S/C20H30N2O3.ClH/c1-13(2)15-6-7-19(25-3)16(8-15)9-22-10-17(14-4-5-14)18(11-22)21-20(24)12-23;/h6-8,13-14,17-18,23H,4-5,9-12H2,1-3H3,(H,21,24);1H/t17-,18+;/m1./s1. The van der Waals surface area contributed by atoms with Gasteiger partial charge in [0, 0.05) is 31.2 Å². The summed E-state index contributed by atoms with van der Waals surface area (Å²) in [5.74, 6) is 2.36. The Labute approximate surface area is 162 Å². The first kappa shape index (κ1) is 21.0. The van der Waals surface area contributed by atoms with Gasteiger partial charge in [0.15, 0.2) is 0 Å². The number of benzene rings is 1. The molecule has 2 fully saturated rings. The van der Waals surface area contributed by atoms with Crippen LogP contribution in [0, 0.1) is 11.8 Å². The average molecular weight is 383 g/mol. The maximum Gasteiger partial charge on any atom is 0.245 e. The van der Waals surface area contributed by atoms with Crippen LogP contribution in [0.1, 0.15) is 43.7 Å². The van der Waals surface area contributed by atoms with E-state index in [0.29, 0.717) is 11.8 Å². The minimum atomic E-state index is -0.432. The highest BCUT2D eigenvalue weighted by Crippen LogP contribution is 2.42. The number of nitrogens with one attached hydrogen (secondary N) is 1. The van der Waals surface area contributed by atoms with Gasteiger partial charge >= 0.3 is 0 Å². The van der Waals surface area contributed by atoms with Crippen molar-refractivity contribution in [3.05, 3.63) is 29.3 Å². The quantitative estimate of drug-likeness (QED) is 0.760. The lowest BCUT2D eigenvalue weighted by Crippen LogP contribution is -2.42. The van der Waals surface area contributed by atoms with Crippen molar-refractivity contribution in [1.82, 2.24) is 10.2 Å². The van der Waals surface area contributed by atoms with Crippen molar-refractivity contribution in [2.24, 2.45) is 11.8 Å². The van der Waals surface area contributed by atoms with Crippen LogP contribution in [0.3, 0.4) is 0 Å². The normalized spacial score (nSPS) is 23.0. The van der Waals surface area contributed by atoms with Crippen LogP contribution in [0.4, 0.5) is 0 Å². The largest absolute Gasteiger partial charge is 0.496 e. The summed E-state index contributed by atoms with van der Waals surface area (Å²) in [5, 5.41) is 12.1. The Morgan fingerprint density at radius 3 is 2.65 bits per heavy atom. The molecule has 1 amide bonds. The SMILES string of the molecule is COc1ccc(C(C)C)cc1CN1C[C@H](NC(=O)CO)[C@@H](C2CC2)C1.Cl. The van der Waals surface area contributed by atoms with Gasteiger partial charge in [-0.2, -0.15) is 0 Å². The van der Waals surface area contributed by atoms with Gasteiger partial charge in [-0.05, 0) is 42.2 Å². The molecular weight excluding hydrogens is 352 g/mol. The second-order valence-electron chi connectivity index (χ2n) is 7.75. The third-order valence-corrected chi connectivity index (χ3v) is 5.52. The number of amides is 1. The van der Waals surface area contributed by atoms with Crippen LogP contribution in [0.25, 0.3) is 0 Å². The summed E-state index contributed by atoms with van der Waals surface area (Å²) in [6.07, 6.45) is 2.52. The fraction of sp³-hybridized carbons (Fsp3) is 0.650. The van der Waals surface area contributed by atoms with Crippen molar-refractivity contribution in [2.45, 2.75) is 45.2 Å². The van der Waals surface area contributed by atoms with Gasteiger partial charge < -0.3 is 15.2 Å². The van der Waals surface area contributed by atoms with Crippen LogP contribution in [-0.4, -0.2) is 48.8 Å². The Bertz CT molecular complexity index is 619. The van der Waals surface area contributed by atoms with E-state index in [9.17, 15) is 4.79 Å². The van der Waals surface area contributed by atoms with Crippen molar-refractivity contribution in [3.8, 4) is 5.75 Å². The lowest BCUT2D eigenvalue weighted by Gasteiger charge is -2.19. The van der Waals surface area contributed by atoms with Crippen LogP contribution in [0.2, 0.25) is 0 Å². The molecule has 26 heavy (non-hydrogen) atoms. The van der Waals surface area contributed by atoms with Gasteiger partial charge in [-0.15, -0.1) is 12.4 Å². The molecule has 5 nitrogen and oxygen atoms in total. The number of hydrogen-bond acceptors (Lipinski definition) is 4. The molecule has 1 saturated heterocycles. The number of aliphatic hydroxyl groups is 1. The summed E-state index contributed by atoms with van der Waals surface area (Å²) in [5.41, 5.74) is 2.52. The van der Waals surface area contributed by atoms with Crippen molar-refractivity contribution < 1.29 is 14.6 Å². The molecule has 2 atom stereocenters. The van der Waals surface area contributed by atoms with E-state index in [-0.39, 0.29) is 24.4 Å². The molecule has 0 bridgehead atoms. The number of hydrogen-bond donors (Lipinski definition) is 2.